The third kappa shape index (κ3) is 4.66. The number of hydrogen-bond acceptors (Lipinski definition) is 4. The molecular weight excluding hydrogens is 290 g/mol. The summed E-state index contributed by atoms with van der Waals surface area (Å²) in [6.07, 6.45) is 4.01. The van der Waals surface area contributed by atoms with Crippen molar-refractivity contribution in [2.24, 2.45) is 11.1 Å². The van der Waals surface area contributed by atoms with Crippen LogP contribution in [0.3, 0.4) is 0 Å². The Kier molecular flexibility index (Phi) is 5.27. The molecule has 1 amide bonds. The van der Waals surface area contributed by atoms with E-state index in [1.165, 1.54) is 19.3 Å². The minimum absolute atomic E-state index is 0.0564. The molecule has 3 atom stereocenters. The second kappa shape index (κ2) is 6.62. The predicted octanol–water partition coefficient (Wildman–Crippen LogP) is 0.386. The van der Waals surface area contributed by atoms with Gasteiger partial charge in [0.05, 0.1) is 5.75 Å². The highest BCUT2D eigenvalue weighted by Crippen LogP contribution is 2.23. The number of piperidine rings is 1. The van der Waals surface area contributed by atoms with Crippen LogP contribution in [0.25, 0.3) is 0 Å². The first-order valence-corrected chi connectivity index (χ1v) is 9.52. The van der Waals surface area contributed by atoms with Crippen LogP contribution in [-0.4, -0.2) is 61.6 Å². The predicted molar refractivity (Wildman–Crippen MR) is 82.1 cm³/mol. The number of amides is 1. The van der Waals surface area contributed by atoms with Crippen molar-refractivity contribution in [1.29, 1.82) is 0 Å². The van der Waals surface area contributed by atoms with Gasteiger partial charge < -0.3 is 4.90 Å². The number of rotatable bonds is 5. The Bertz CT molecular complexity index is 470. The van der Waals surface area contributed by atoms with Gasteiger partial charge in [0.25, 0.3) is 0 Å². The molecule has 122 valence electrons. The van der Waals surface area contributed by atoms with E-state index in [4.69, 9.17) is 5.14 Å². The molecule has 0 bridgehead atoms. The second-order valence-corrected chi connectivity index (χ2v) is 8.27. The lowest BCUT2D eigenvalue weighted by molar-refractivity contribution is -0.128. The van der Waals surface area contributed by atoms with Gasteiger partial charge in [0.15, 0.2) is 0 Å². The Morgan fingerprint density at radius 2 is 1.81 bits per heavy atom. The van der Waals surface area contributed by atoms with E-state index in [0.29, 0.717) is 31.6 Å². The first-order valence-electron chi connectivity index (χ1n) is 7.80. The van der Waals surface area contributed by atoms with Crippen LogP contribution in [0.15, 0.2) is 0 Å². The van der Waals surface area contributed by atoms with Crippen LogP contribution >= 0.6 is 0 Å². The lowest BCUT2D eigenvalue weighted by Gasteiger charge is -2.39. The van der Waals surface area contributed by atoms with Gasteiger partial charge in [-0.15, -0.1) is 0 Å². The zero-order valence-corrected chi connectivity index (χ0v) is 13.8. The fourth-order valence-electron chi connectivity index (χ4n) is 3.66. The van der Waals surface area contributed by atoms with E-state index in [2.05, 4.69) is 18.7 Å². The van der Waals surface area contributed by atoms with Gasteiger partial charge in [0.1, 0.15) is 0 Å². The largest absolute Gasteiger partial charge is 0.341 e. The van der Waals surface area contributed by atoms with E-state index >= 15 is 0 Å². The second-order valence-electron chi connectivity index (χ2n) is 6.61. The number of primary sulfonamides is 1. The zero-order chi connectivity index (χ0) is 15.6. The number of nitrogens with zero attached hydrogens (tertiary/aromatic N) is 2. The van der Waals surface area contributed by atoms with Gasteiger partial charge in [-0.1, -0.05) is 6.42 Å². The normalized spacial score (nSPS) is 31.9. The smallest absolute Gasteiger partial charge is 0.223 e. The average molecular weight is 317 g/mol. The molecule has 2 rings (SSSR count). The molecular formula is C14H27N3O3S. The highest BCUT2D eigenvalue weighted by atomic mass is 32.2. The molecule has 3 unspecified atom stereocenters. The van der Waals surface area contributed by atoms with E-state index in [1.54, 1.807) is 4.90 Å². The maximum atomic E-state index is 12.0. The van der Waals surface area contributed by atoms with Gasteiger partial charge in [-0.05, 0) is 26.7 Å². The molecule has 2 N–H and O–H groups in total. The Balaban J connectivity index is 1.84. The molecule has 0 aromatic heterocycles. The highest BCUT2D eigenvalue weighted by molar-refractivity contribution is 7.89. The summed E-state index contributed by atoms with van der Waals surface area (Å²) in [6.45, 7) is 6.56. The number of carbonyl (C=O) groups excluding carboxylic acids is 1. The SMILES string of the molecule is CC1CCCC(C)N1CCN1CC(CS(N)(=O)=O)CC1=O. The van der Waals surface area contributed by atoms with Gasteiger partial charge in [-0.3, -0.25) is 9.69 Å². The maximum Gasteiger partial charge on any atom is 0.223 e. The molecule has 0 aromatic rings. The van der Waals surface area contributed by atoms with E-state index in [-0.39, 0.29) is 17.6 Å². The lowest BCUT2D eigenvalue weighted by Crippen LogP contribution is -2.47. The fraction of sp³-hybridized carbons (Fsp3) is 0.929. The van der Waals surface area contributed by atoms with E-state index in [0.717, 1.165) is 6.54 Å². The Morgan fingerprint density at radius 1 is 1.19 bits per heavy atom. The van der Waals surface area contributed by atoms with E-state index in [9.17, 15) is 13.2 Å². The molecule has 0 saturated carbocycles. The van der Waals surface area contributed by atoms with Crippen molar-refractivity contribution >= 4 is 15.9 Å². The number of nitrogens with two attached hydrogens (primary N) is 1. The summed E-state index contributed by atoms with van der Waals surface area (Å²) in [5.41, 5.74) is 0. The van der Waals surface area contributed by atoms with Crippen LogP contribution in [0.1, 0.15) is 39.5 Å². The van der Waals surface area contributed by atoms with Gasteiger partial charge in [-0.2, -0.15) is 0 Å². The molecule has 2 saturated heterocycles. The number of hydrogen-bond donors (Lipinski definition) is 1. The third-order valence-corrected chi connectivity index (χ3v) is 5.70. The van der Waals surface area contributed by atoms with E-state index in [1.807, 2.05) is 0 Å². The van der Waals surface area contributed by atoms with Crippen molar-refractivity contribution in [2.75, 3.05) is 25.4 Å². The monoisotopic (exact) mass is 317 g/mol. The number of sulfonamides is 1. The molecule has 2 fully saturated rings. The molecule has 7 heteroatoms. The average Bonchev–Trinajstić information content (AvgIpc) is 2.66. The standard InChI is InChI=1S/C14H27N3O3S/c1-11-4-3-5-12(2)17(11)7-6-16-9-13(8-14(16)18)10-21(15,19)20/h11-13H,3-10H2,1-2H3,(H2,15,19,20). The van der Waals surface area contributed by atoms with E-state index < -0.39 is 10.0 Å². The number of likely N-dealkylation sites (tertiary alicyclic amines) is 2. The number of carbonyl (C=O) groups is 1. The zero-order valence-electron chi connectivity index (χ0n) is 13.0. The van der Waals surface area contributed by atoms with Crippen LogP contribution in [-0.2, 0) is 14.8 Å². The van der Waals surface area contributed by atoms with Crippen molar-refractivity contribution in [3.63, 3.8) is 0 Å². The quantitative estimate of drug-likeness (QED) is 0.795. The van der Waals surface area contributed by atoms with Gasteiger partial charge >= 0.3 is 0 Å². The summed E-state index contributed by atoms with van der Waals surface area (Å²) >= 11 is 0. The molecule has 0 aromatic carbocycles. The highest BCUT2D eigenvalue weighted by Gasteiger charge is 2.33. The van der Waals surface area contributed by atoms with Crippen LogP contribution in [0.4, 0.5) is 0 Å². The van der Waals surface area contributed by atoms with Gasteiger partial charge in [-0.25, -0.2) is 13.6 Å². The topological polar surface area (TPSA) is 83.7 Å². The van der Waals surface area contributed by atoms with Crippen LogP contribution in [0.5, 0.6) is 0 Å². The van der Waals surface area contributed by atoms with Crippen LogP contribution in [0, 0.1) is 5.92 Å². The van der Waals surface area contributed by atoms with Gasteiger partial charge in [0, 0.05) is 44.1 Å². The summed E-state index contributed by atoms with van der Waals surface area (Å²) < 4.78 is 22.3. The van der Waals surface area contributed by atoms with Crippen LogP contribution < -0.4 is 5.14 Å². The molecule has 21 heavy (non-hydrogen) atoms. The third-order valence-electron chi connectivity index (χ3n) is 4.77. The van der Waals surface area contributed by atoms with Gasteiger partial charge in [0.2, 0.25) is 15.9 Å². The summed E-state index contributed by atoms with van der Waals surface area (Å²) in [4.78, 5) is 16.2. The molecule has 0 aliphatic carbocycles. The molecule has 0 spiro atoms. The fourth-order valence-corrected chi connectivity index (χ4v) is 4.54. The van der Waals surface area contributed by atoms with Crippen molar-refractivity contribution < 1.29 is 13.2 Å². The molecule has 2 heterocycles. The summed E-state index contributed by atoms with van der Waals surface area (Å²) in [5.74, 6) is -0.184. The minimum atomic E-state index is -3.50. The summed E-state index contributed by atoms with van der Waals surface area (Å²) in [6, 6.07) is 1.12. The minimum Gasteiger partial charge on any atom is -0.341 e. The first kappa shape index (κ1) is 16.7. The van der Waals surface area contributed by atoms with Crippen molar-refractivity contribution in [2.45, 2.75) is 51.6 Å². The molecule has 6 nitrogen and oxygen atoms in total. The van der Waals surface area contributed by atoms with Crippen molar-refractivity contribution in [3.05, 3.63) is 0 Å². The summed E-state index contributed by atoms with van der Waals surface area (Å²) in [5, 5.41) is 5.07. The Hall–Kier alpha value is -0.660. The molecule has 0 radical (unpaired) electrons. The van der Waals surface area contributed by atoms with Crippen LogP contribution in [0.2, 0.25) is 0 Å². The maximum absolute atomic E-state index is 12.0. The van der Waals surface area contributed by atoms with Crippen molar-refractivity contribution in [3.8, 4) is 0 Å². The molecule has 2 aliphatic heterocycles. The van der Waals surface area contributed by atoms with Crippen molar-refractivity contribution in [1.82, 2.24) is 9.80 Å². The lowest BCUT2D eigenvalue weighted by atomic mass is 9.97. The summed E-state index contributed by atoms with van der Waals surface area (Å²) in [7, 11) is -3.50. The first-order chi connectivity index (χ1) is 9.76. The Labute approximate surface area is 127 Å². The molecule has 2 aliphatic rings. The Morgan fingerprint density at radius 3 is 2.38 bits per heavy atom.